The van der Waals surface area contributed by atoms with Crippen molar-refractivity contribution in [3.63, 3.8) is 0 Å². The van der Waals surface area contributed by atoms with E-state index < -0.39 is 11.7 Å². The number of amides is 1. The van der Waals surface area contributed by atoms with Gasteiger partial charge >= 0.3 is 0 Å². The van der Waals surface area contributed by atoms with E-state index in [9.17, 15) is 9.18 Å². The Hall–Kier alpha value is -2.74. The van der Waals surface area contributed by atoms with Crippen molar-refractivity contribution in [2.45, 2.75) is 32.7 Å². The third-order valence-corrected chi connectivity index (χ3v) is 5.08. The second-order valence-electron chi connectivity index (χ2n) is 6.72. The summed E-state index contributed by atoms with van der Waals surface area (Å²) in [7, 11) is 0. The Labute approximate surface area is 160 Å². The van der Waals surface area contributed by atoms with Crippen LogP contribution in [0.1, 0.15) is 42.0 Å². The fourth-order valence-corrected chi connectivity index (χ4v) is 3.27. The standard InChI is InChI=1S/C18H18ClFN6O/c1-10(12-3-4-12)26-16(7-8-21-26)22-18(27)17-11(2)25(24-23-17)15-6-5-13(19)9-14(15)20/h5-10,12H,3-4H2,1-2H3,(H,22,27). The van der Waals surface area contributed by atoms with Gasteiger partial charge in [0.15, 0.2) is 5.69 Å². The molecule has 1 aliphatic rings. The SMILES string of the molecule is Cc1c(C(=O)Nc2ccnn2C(C)C2CC2)nnn1-c1ccc(Cl)cc1F. The summed E-state index contributed by atoms with van der Waals surface area (Å²) in [6, 6.07) is 6.20. The number of carbonyl (C=O) groups excluding carboxylic acids is 1. The number of benzene rings is 1. The van der Waals surface area contributed by atoms with Crippen LogP contribution in [0.25, 0.3) is 5.69 Å². The second kappa shape index (κ2) is 6.77. The van der Waals surface area contributed by atoms with E-state index in [0.29, 0.717) is 17.4 Å². The first kappa shape index (κ1) is 17.7. The van der Waals surface area contributed by atoms with Gasteiger partial charge in [-0.05, 0) is 50.8 Å². The number of carbonyl (C=O) groups is 1. The third kappa shape index (κ3) is 3.32. The van der Waals surface area contributed by atoms with Crippen LogP contribution in [0.2, 0.25) is 5.02 Å². The highest BCUT2D eigenvalue weighted by molar-refractivity contribution is 6.30. The third-order valence-electron chi connectivity index (χ3n) is 4.85. The molecule has 0 aliphatic heterocycles. The van der Waals surface area contributed by atoms with Gasteiger partial charge in [0.1, 0.15) is 17.3 Å². The molecule has 1 amide bonds. The predicted octanol–water partition coefficient (Wildman–Crippen LogP) is 3.79. The van der Waals surface area contributed by atoms with Crippen LogP contribution in [0, 0.1) is 18.7 Å². The molecule has 1 unspecified atom stereocenters. The van der Waals surface area contributed by atoms with Gasteiger partial charge in [-0.15, -0.1) is 5.10 Å². The lowest BCUT2D eigenvalue weighted by molar-refractivity contribution is 0.102. The summed E-state index contributed by atoms with van der Waals surface area (Å²) in [4.78, 5) is 12.7. The Morgan fingerprint density at radius 3 is 2.85 bits per heavy atom. The van der Waals surface area contributed by atoms with Crippen molar-refractivity contribution in [3.05, 3.63) is 52.7 Å². The van der Waals surface area contributed by atoms with Crippen molar-refractivity contribution in [1.82, 2.24) is 24.8 Å². The molecule has 1 aliphatic carbocycles. The van der Waals surface area contributed by atoms with Gasteiger partial charge in [0.05, 0.1) is 17.9 Å². The average Bonchev–Trinajstić information content (AvgIpc) is 3.27. The van der Waals surface area contributed by atoms with Gasteiger partial charge in [0.25, 0.3) is 5.91 Å². The number of aromatic nitrogens is 5. The molecule has 1 aromatic carbocycles. The first-order valence-corrected chi connectivity index (χ1v) is 9.06. The fourth-order valence-electron chi connectivity index (χ4n) is 3.11. The molecular formula is C18H18ClFN6O. The number of hydrogen-bond donors (Lipinski definition) is 1. The van der Waals surface area contributed by atoms with E-state index in [-0.39, 0.29) is 22.4 Å². The van der Waals surface area contributed by atoms with E-state index in [1.807, 2.05) is 4.68 Å². The van der Waals surface area contributed by atoms with Crippen molar-refractivity contribution in [2.75, 3.05) is 5.32 Å². The van der Waals surface area contributed by atoms with Crippen LogP contribution in [0.3, 0.4) is 0 Å². The summed E-state index contributed by atoms with van der Waals surface area (Å²) in [5, 5.41) is 15.3. The smallest absolute Gasteiger partial charge is 0.279 e. The average molecular weight is 389 g/mol. The van der Waals surface area contributed by atoms with Crippen molar-refractivity contribution >= 4 is 23.3 Å². The monoisotopic (exact) mass is 388 g/mol. The maximum absolute atomic E-state index is 14.2. The van der Waals surface area contributed by atoms with Crippen LogP contribution in [0.15, 0.2) is 30.5 Å². The van der Waals surface area contributed by atoms with E-state index in [4.69, 9.17) is 11.6 Å². The Kier molecular flexibility index (Phi) is 4.43. The van der Waals surface area contributed by atoms with Crippen molar-refractivity contribution in [1.29, 1.82) is 0 Å². The summed E-state index contributed by atoms with van der Waals surface area (Å²) in [6.45, 7) is 3.75. The van der Waals surface area contributed by atoms with E-state index in [1.165, 1.54) is 29.7 Å². The van der Waals surface area contributed by atoms with Gasteiger partial charge in [-0.25, -0.2) is 13.8 Å². The summed E-state index contributed by atoms with van der Waals surface area (Å²) in [6.07, 6.45) is 4.00. The summed E-state index contributed by atoms with van der Waals surface area (Å²) in [5.74, 6) is 0.235. The molecule has 0 bridgehead atoms. The molecule has 0 radical (unpaired) electrons. The summed E-state index contributed by atoms with van der Waals surface area (Å²) in [5.41, 5.74) is 0.724. The molecule has 0 spiro atoms. The van der Waals surface area contributed by atoms with Crippen molar-refractivity contribution < 1.29 is 9.18 Å². The van der Waals surface area contributed by atoms with E-state index in [1.54, 1.807) is 25.3 Å². The highest BCUT2D eigenvalue weighted by Gasteiger charge is 2.31. The molecule has 1 atom stereocenters. The van der Waals surface area contributed by atoms with Gasteiger partial charge < -0.3 is 5.32 Å². The normalized spacial score (nSPS) is 15.0. The maximum Gasteiger partial charge on any atom is 0.279 e. The molecule has 27 heavy (non-hydrogen) atoms. The highest BCUT2D eigenvalue weighted by Crippen LogP contribution is 2.40. The van der Waals surface area contributed by atoms with Crippen molar-refractivity contribution in [3.8, 4) is 5.69 Å². The number of nitrogens with one attached hydrogen (secondary N) is 1. The van der Waals surface area contributed by atoms with Crippen LogP contribution in [-0.4, -0.2) is 30.7 Å². The van der Waals surface area contributed by atoms with Gasteiger partial charge in [-0.2, -0.15) is 5.10 Å². The Morgan fingerprint density at radius 1 is 1.37 bits per heavy atom. The van der Waals surface area contributed by atoms with Crippen LogP contribution < -0.4 is 5.32 Å². The van der Waals surface area contributed by atoms with Gasteiger partial charge in [-0.3, -0.25) is 4.79 Å². The van der Waals surface area contributed by atoms with Crippen LogP contribution in [-0.2, 0) is 0 Å². The molecule has 2 aromatic heterocycles. The molecule has 4 rings (SSSR count). The minimum absolute atomic E-state index is 0.121. The number of halogens is 2. The molecule has 2 heterocycles. The number of hydrogen-bond acceptors (Lipinski definition) is 4. The summed E-state index contributed by atoms with van der Waals surface area (Å²) >= 11 is 5.79. The lowest BCUT2D eigenvalue weighted by Gasteiger charge is -2.15. The first-order valence-electron chi connectivity index (χ1n) is 8.68. The molecule has 140 valence electrons. The maximum atomic E-state index is 14.2. The quantitative estimate of drug-likeness (QED) is 0.721. The first-order chi connectivity index (χ1) is 13.0. The zero-order chi connectivity index (χ0) is 19.1. The fraction of sp³-hybridized carbons (Fsp3) is 0.333. The molecule has 3 aromatic rings. The number of anilines is 1. The van der Waals surface area contributed by atoms with Gasteiger partial charge in [-0.1, -0.05) is 16.8 Å². The Bertz CT molecular complexity index is 1010. The van der Waals surface area contributed by atoms with Gasteiger partial charge in [0.2, 0.25) is 0 Å². The van der Waals surface area contributed by atoms with Crippen LogP contribution >= 0.6 is 11.6 Å². The highest BCUT2D eigenvalue weighted by atomic mass is 35.5. The van der Waals surface area contributed by atoms with E-state index in [2.05, 4.69) is 27.7 Å². The van der Waals surface area contributed by atoms with E-state index in [0.717, 1.165) is 0 Å². The van der Waals surface area contributed by atoms with Gasteiger partial charge in [0, 0.05) is 11.1 Å². The molecule has 1 N–H and O–H groups in total. The molecule has 9 heteroatoms. The number of nitrogens with zero attached hydrogens (tertiary/aromatic N) is 5. The molecule has 7 nitrogen and oxygen atoms in total. The lowest BCUT2D eigenvalue weighted by Crippen LogP contribution is -2.19. The van der Waals surface area contributed by atoms with Crippen LogP contribution in [0.4, 0.5) is 10.2 Å². The van der Waals surface area contributed by atoms with Crippen molar-refractivity contribution in [2.24, 2.45) is 5.92 Å². The molecular weight excluding hydrogens is 371 g/mol. The summed E-state index contributed by atoms with van der Waals surface area (Å²) < 4.78 is 17.3. The Balaban J connectivity index is 1.59. The number of rotatable bonds is 5. The molecule has 0 saturated heterocycles. The van der Waals surface area contributed by atoms with E-state index >= 15 is 0 Å². The lowest BCUT2D eigenvalue weighted by atomic mass is 10.2. The molecule has 1 fully saturated rings. The minimum atomic E-state index is -0.543. The minimum Gasteiger partial charge on any atom is -0.305 e. The zero-order valence-electron chi connectivity index (χ0n) is 14.9. The zero-order valence-corrected chi connectivity index (χ0v) is 15.6. The molecule has 1 saturated carbocycles. The second-order valence-corrected chi connectivity index (χ2v) is 7.16. The van der Waals surface area contributed by atoms with Crippen LogP contribution in [0.5, 0.6) is 0 Å². The predicted molar refractivity (Wildman–Crippen MR) is 98.7 cm³/mol. The Morgan fingerprint density at radius 2 is 2.15 bits per heavy atom. The topological polar surface area (TPSA) is 77.6 Å². The largest absolute Gasteiger partial charge is 0.305 e.